The van der Waals surface area contributed by atoms with Gasteiger partial charge in [0, 0.05) is 18.2 Å². The summed E-state index contributed by atoms with van der Waals surface area (Å²) >= 11 is 6.03. The van der Waals surface area contributed by atoms with Crippen LogP contribution in [0.5, 0.6) is 0 Å². The third-order valence-electron chi connectivity index (χ3n) is 3.35. The Morgan fingerprint density at radius 3 is 3.00 bits per heavy atom. The molecule has 7 nitrogen and oxygen atoms in total. The van der Waals surface area contributed by atoms with E-state index in [1.165, 1.54) is 6.33 Å². The fraction of sp³-hybridized carbons (Fsp3) is 0.267. The van der Waals surface area contributed by atoms with Crippen LogP contribution >= 0.6 is 11.6 Å². The second kappa shape index (κ2) is 6.91. The molecule has 23 heavy (non-hydrogen) atoms. The Morgan fingerprint density at radius 2 is 2.26 bits per heavy atom. The molecule has 0 unspecified atom stereocenters. The van der Waals surface area contributed by atoms with Gasteiger partial charge in [-0.3, -0.25) is 0 Å². The zero-order valence-corrected chi connectivity index (χ0v) is 13.2. The number of rotatable bonds is 6. The fourth-order valence-electron chi connectivity index (χ4n) is 2.32. The third kappa shape index (κ3) is 3.42. The SMILES string of the molecule is COCc1cc(N[C@H](CO)c2cccc(Cl)c2)n2ncnc2n1. The van der Waals surface area contributed by atoms with Crippen molar-refractivity contribution in [3.8, 4) is 0 Å². The van der Waals surface area contributed by atoms with Gasteiger partial charge in [-0.05, 0) is 17.7 Å². The first kappa shape index (κ1) is 15.7. The van der Waals surface area contributed by atoms with Gasteiger partial charge in [-0.1, -0.05) is 23.7 Å². The van der Waals surface area contributed by atoms with E-state index in [9.17, 15) is 5.11 Å². The normalized spacial score (nSPS) is 12.5. The second-order valence-corrected chi connectivity index (χ2v) is 5.41. The summed E-state index contributed by atoms with van der Waals surface area (Å²) in [6, 6.07) is 8.83. The minimum atomic E-state index is -0.334. The van der Waals surface area contributed by atoms with Gasteiger partial charge in [0.25, 0.3) is 5.78 Å². The maximum absolute atomic E-state index is 9.74. The van der Waals surface area contributed by atoms with Gasteiger partial charge in [0.1, 0.15) is 12.1 Å². The van der Waals surface area contributed by atoms with Crippen LogP contribution in [-0.4, -0.2) is 38.4 Å². The maximum atomic E-state index is 9.74. The molecule has 120 valence electrons. The first-order valence-corrected chi connectivity index (χ1v) is 7.40. The van der Waals surface area contributed by atoms with Gasteiger partial charge in [0.2, 0.25) is 0 Å². The molecule has 0 fully saturated rings. The number of hydrogen-bond acceptors (Lipinski definition) is 6. The molecule has 0 radical (unpaired) electrons. The number of nitrogens with zero attached hydrogens (tertiary/aromatic N) is 4. The number of methoxy groups -OCH3 is 1. The summed E-state index contributed by atoms with van der Waals surface area (Å²) in [4.78, 5) is 8.45. The Balaban J connectivity index is 1.96. The van der Waals surface area contributed by atoms with E-state index in [-0.39, 0.29) is 12.6 Å². The highest BCUT2D eigenvalue weighted by atomic mass is 35.5. The number of nitrogens with one attached hydrogen (secondary N) is 1. The van der Waals surface area contributed by atoms with Crippen molar-refractivity contribution in [3.05, 3.63) is 52.9 Å². The number of anilines is 1. The molecule has 0 bridgehead atoms. The standard InChI is InChI=1S/C15H16ClN5O2/c1-23-8-12-6-14(21-15(19-12)17-9-18-21)20-13(7-22)10-3-2-4-11(16)5-10/h2-6,9,13,20,22H,7-8H2,1H3/t13-/m1/s1. The van der Waals surface area contributed by atoms with Crippen molar-refractivity contribution in [2.24, 2.45) is 0 Å². The van der Waals surface area contributed by atoms with Crippen LogP contribution in [0.25, 0.3) is 5.78 Å². The summed E-state index contributed by atoms with van der Waals surface area (Å²) in [6.07, 6.45) is 1.43. The average Bonchev–Trinajstić information content (AvgIpc) is 3.01. The van der Waals surface area contributed by atoms with Gasteiger partial charge < -0.3 is 15.2 Å². The minimum absolute atomic E-state index is 0.0987. The topological polar surface area (TPSA) is 84.6 Å². The summed E-state index contributed by atoms with van der Waals surface area (Å²) in [5, 5.41) is 17.8. The van der Waals surface area contributed by atoms with Gasteiger partial charge in [0.05, 0.1) is 24.9 Å². The molecule has 0 aliphatic heterocycles. The van der Waals surface area contributed by atoms with Crippen LogP contribution in [0.15, 0.2) is 36.7 Å². The number of aliphatic hydroxyl groups excluding tert-OH is 1. The van der Waals surface area contributed by atoms with Crippen molar-refractivity contribution < 1.29 is 9.84 Å². The highest BCUT2D eigenvalue weighted by Gasteiger charge is 2.14. The van der Waals surface area contributed by atoms with E-state index in [4.69, 9.17) is 16.3 Å². The van der Waals surface area contributed by atoms with Crippen LogP contribution < -0.4 is 5.32 Å². The van der Waals surface area contributed by atoms with Crippen molar-refractivity contribution in [3.63, 3.8) is 0 Å². The van der Waals surface area contributed by atoms with Gasteiger partial charge in [-0.15, -0.1) is 0 Å². The van der Waals surface area contributed by atoms with Gasteiger partial charge in [-0.2, -0.15) is 14.6 Å². The lowest BCUT2D eigenvalue weighted by Gasteiger charge is -2.19. The van der Waals surface area contributed by atoms with Crippen molar-refractivity contribution >= 4 is 23.2 Å². The molecule has 3 rings (SSSR count). The minimum Gasteiger partial charge on any atom is -0.394 e. The Hall–Kier alpha value is -2.22. The molecule has 2 heterocycles. The summed E-state index contributed by atoms with van der Waals surface area (Å²) in [5.74, 6) is 1.13. The van der Waals surface area contributed by atoms with Crippen LogP contribution in [0.2, 0.25) is 5.02 Å². The fourth-order valence-corrected chi connectivity index (χ4v) is 2.52. The van der Waals surface area contributed by atoms with Gasteiger partial charge in [0.15, 0.2) is 0 Å². The Bertz CT molecular complexity index is 807. The number of fused-ring (bicyclic) bond motifs is 1. The quantitative estimate of drug-likeness (QED) is 0.718. The molecular weight excluding hydrogens is 318 g/mol. The average molecular weight is 334 g/mol. The first-order valence-electron chi connectivity index (χ1n) is 7.02. The van der Waals surface area contributed by atoms with Crippen molar-refractivity contribution in [1.82, 2.24) is 19.6 Å². The molecule has 2 aromatic heterocycles. The molecular formula is C15H16ClN5O2. The van der Waals surface area contributed by atoms with E-state index in [0.717, 1.165) is 11.3 Å². The summed E-state index contributed by atoms with van der Waals surface area (Å²) in [6.45, 7) is 0.261. The monoisotopic (exact) mass is 333 g/mol. The molecule has 0 aliphatic rings. The molecule has 1 aromatic carbocycles. The molecule has 0 aliphatic carbocycles. The maximum Gasteiger partial charge on any atom is 0.254 e. The number of aromatic nitrogens is 4. The second-order valence-electron chi connectivity index (χ2n) is 4.97. The van der Waals surface area contributed by atoms with E-state index >= 15 is 0 Å². The first-order chi connectivity index (χ1) is 11.2. The zero-order chi connectivity index (χ0) is 16.2. The Morgan fingerprint density at radius 1 is 1.39 bits per heavy atom. The number of aliphatic hydroxyl groups is 1. The molecule has 0 saturated carbocycles. The highest BCUT2D eigenvalue weighted by molar-refractivity contribution is 6.30. The Kier molecular flexibility index (Phi) is 4.71. The third-order valence-corrected chi connectivity index (χ3v) is 3.59. The van der Waals surface area contributed by atoms with E-state index < -0.39 is 0 Å². The van der Waals surface area contributed by atoms with Crippen LogP contribution in [0, 0.1) is 0 Å². The lowest BCUT2D eigenvalue weighted by Crippen LogP contribution is -2.17. The lowest BCUT2D eigenvalue weighted by atomic mass is 10.1. The number of halogens is 1. The van der Waals surface area contributed by atoms with E-state index in [1.807, 2.05) is 24.3 Å². The molecule has 8 heteroatoms. The molecule has 1 atom stereocenters. The van der Waals surface area contributed by atoms with Crippen LogP contribution in [-0.2, 0) is 11.3 Å². The van der Waals surface area contributed by atoms with Crippen molar-refractivity contribution in [2.45, 2.75) is 12.6 Å². The van der Waals surface area contributed by atoms with Gasteiger partial charge in [-0.25, -0.2) is 4.98 Å². The van der Waals surface area contributed by atoms with E-state index in [0.29, 0.717) is 23.2 Å². The predicted molar refractivity (Wildman–Crippen MR) is 86.4 cm³/mol. The van der Waals surface area contributed by atoms with Crippen LogP contribution in [0.1, 0.15) is 17.3 Å². The summed E-state index contributed by atoms with van der Waals surface area (Å²) < 4.78 is 6.70. The van der Waals surface area contributed by atoms with Crippen LogP contribution in [0.4, 0.5) is 5.82 Å². The predicted octanol–water partition coefficient (Wildman–Crippen LogP) is 2.07. The van der Waals surface area contributed by atoms with E-state index in [1.54, 1.807) is 17.7 Å². The largest absolute Gasteiger partial charge is 0.394 e. The van der Waals surface area contributed by atoms with E-state index in [2.05, 4.69) is 20.4 Å². The molecule has 0 spiro atoms. The molecule has 2 N–H and O–H groups in total. The smallest absolute Gasteiger partial charge is 0.254 e. The van der Waals surface area contributed by atoms with Crippen molar-refractivity contribution in [2.75, 3.05) is 19.0 Å². The zero-order valence-electron chi connectivity index (χ0n) is 12.5. The number of ether oxygens (including phenoxy) is 1. The number of hydrogen-bond donors (Lipinski definition) is 2. The summed E-state index contributed by atoms with van der Waals surface area (Å²) in [5.41, 5.74) is 1.59. The molecule has 3 aromatic rings. The van der Waals surface area contributed by atoms with Gasteiger partial charge >= 0.3 is 0 Å². The lowest BCUT2D eigenvalue weighted by molar-refractivity contribution is 0.181. The molecule has 0 amide bonds. The van der Waals surface area contributed by atoms with Crippen molar-refractivity contribution in [1.29, 1.82) is 0 Å². The Labute approximate surface area is 137 Å². The van der Waals surface area contributed by atoms with Crippen LogP contribution in [0.3, 0.4) is 0 Å². The summed E-state index contributed by atoms with van der Waals surface area (Å²) in [7, 11) is 1.60. The number of benzene rings is 1. The molecule has 0 saturated heterocycles. The highest BCUT2D eigenvalue weighted by Crippen LogP contribution is 2.22.